The fourth-order valence-electron chi connectivity index (χ4n) is 14.9. The first kappa shape index (κ1) is 81.6. The number of hydroxylamine groups is 1. The SMILES string of the molecule is C=C1N=C([C@H]2CC(=O)[C@H](Cc3ccc4ccccc4c3)NC(=O)[C@@H]3[C@@H](CCN3C(=O)[C@@H](NC(=O)[C@H](C)NC)C(C)(C)C)n3cc(nn3)COc3ccc(cc3)C[C@@H](C(=O)OC)NC(=O)[C@H](Cc3ccc4ccccc4c3)NC(=O)[C@@H]3[C@@H](CCN3C(=O)[C@@H](NC(=O)[C@H](C)NC)C(C)(C)C)n3cc(nn3)COc3ccc(cc3)C2)NO1. The molecule has 0 radical (unpaired) electrons. The smallest absolute Gasteiger partial charge is 0.328 e. The molecule has 9 heterocycles. The fraction of sp³-hybridized carbons (Fsp3) is 0.429. The number of carbonyl (C=O) groups excluding carboxylic acids is 9. The molecular weight excluding hydrogens is 1460 g/mol. The highest BCUT2D eigenvalue weighted by Gasteiger charge is 2.51. The van der Waals surface area contributed by atoms with Gasteiger partial charge >= 0.3 is 5.97 Å². The number of amides is 7. The Morgan fingerprint density at radius 1 is 0.570 bits per heavy atom. The van der Waals surface area contributed by atoms with Crippen molar-refractivity contribution in [1.29, 1.82) is 0 Å². The highest BCUT2D eigenvalue weighted by Crippen LogP contribution is 2.36. The number of ketones is 1. The van der Waals surface area contributed by atoms with Crippen LogP contribution in [0.2, 0.25) is 0 Å². The van der Waals surface area contributed by atoms with Crippen LogP contribution in [0.4, 0.5) is 0 Å². The lowest BCUT2D eigenvalue weighted by Gasteiger charge is -2.37. The molecule has 7 aliphatic rings. The Morgan fingerprint density at radius 2 is 1.02 bits per heavy atom. The Hall–Kier alpha value is -11.9. The summed E-state index contributed by atoms with van der Waals surface area (Å²) in [4.78, 5) is 147. The third-order valence-electron chi connectivity index (χ3n) is 21.6. The van der Waals surface area contributed by atoms with Crippen molar-refractivity contribution in [3.63, 3.8) is 0 Å². The van der Waals surface area contributed by atoms with E-state index in [2.05, 4.69) is 74.9 Å². The summed E-state index contributed by atoms with van der Waals surface area (Å²) in [6.45, 7) is 18.1. The average Bonchev–Trinajstić information content (AvgIpc) is 1.61. The zero-order valence-corrected chi connectivity index (χ0v) is 66.1. The number of fused-ring (bicyclic) bond motifs is 2. The van der Waals surface area contributed by atoms with Gasteiger partial charge in [0.15, 0.2) is 5.78 Å². The van der Waals surface area contributed by atoms with Crippen LogP contribution in [0, 0.1) is 16.7 Å². The molecule has 2 fully saturated rings. The van der Waals surface area contributed by atoms with E-state index in [1.54, 1.807) is 76.7 Å². The van der Waals surface area contributed by atoms with Crippen LogP contribution in [0.1, 0.15) is 120 Å². The molecule has 7 aliphatic heterocycles. The Morgan fingerprint density at radius 3 is 1.46 bits per heavy atom. The summed E-state index contributed by atoms with van der Waals surface area (Å²) < 4.78 is 21.0. The average molecular weight is 1560 g/mol. The molecule has 30 nitrogen and oxygen atoms in total. The van der Waals surface area contributed by atoms with E-state index in [1.165, 1.54) is 26.3 Å². The minimum absolute atomic E-state index is 0.0340. The van der Waals surface area contributed by atoms with Crippen LogP contribution in [0.25, 0.3) is 21.5 Å². The number of nitrogens with zero attached hydrogens (tertiary/aromatic N) is 9. The quantitative estimate of drug-likeness (QED) is 0.0597. The molecule has 0 unspecified atom stereocenters. The van der Waals surface area contributed by atoms with Gasteiger partial charge in [-0.1, -0.05) is 161 Å². The number of carbonyl (C=O) groups is 9. The number of methoxy groups -OCH3 is 1. The highest BCUT2D eigenvalue weighted by molar-refractivity contribution is 5.99. The van der Waals surface area contributed by atoms with Crippen LogP contribution in [0.5, 0.6) is 11.5 Å². The first-order chi connectivity index (χ1) is 54.5. The van der Waals surface area contributed by atoms with Gasteiger partial charge in [0.25, 0.3) is 0 Å². The lowest BCUT2D eigenvalue weighted by molar-refractivity contribution is -0.146. The third kappa shape index (κ3) is 19.4. The summed E-state index contributed by atoms with van der Waals surface area (Å²) in [5.74, 6) is -4.60. The minimum Gasteiger partial charge on any atom is -0.487 e. The summed E-state index contributed by atoms with van der Waals surface area (Å²) in [6.07, 6.45) is 3.65. The van der Waals surface area contributed by atoms with Gasteiger partial charge in [-0.3, -0.25) is 38.4 Å². The topological polar surface area (TPSA) is 367 Å². The Bertz CT molecular complexity index is 4910. The van der Waals surface area contributed by atoms with Gasteiger partial charge in [0.05, 0.1) is 49.7 Å². The monoisotopic (exact) mass is 1560 g/mol. The molecule has 0 aliphatic carbocycles. The molecule has 8 aromatic rings. The van der Waals surface area contributed by atoms with Crippen molar-refractivity contribution in [2.24, 2.45) is 21.7 Å². The number of ether oxygens (including phenoxy) is 3. The number of Topliss-reactive ketones (excluding diaryl/α,β-unsaturated/α-hetero) is 1. The van der Waals surface area contributed by atoms with Crippen LogP contribution in [0.15, 0.2) is 163 Å². The van der Waals surface area contributed by atoms with Gasteiger partial charge in [-0.2, -0.15) is 4.99 Å². The number of rotatable bonds is 14. The largest absolute Gasteiger partial charge is 0.487 e. The number of nitrogens with one attached hydrogen (secondary N) is 8. The summed E-state index contributed by atoms with van der Waals surface area (Å²) in [6, 6.07) is 29.3. The van der Waals surface area contributed by atoms with Gasteiger partial charge in [0.2, 0.25) is 47.2 Å². The minimum atomic E-state index is -1.37. The molecule has 15 rings (SSSR count). The molecule has 600 valence electrons. The predicted molar refractivity (Wildman–Crippen MR) is 424 cm³/mol. The van der Waals surface area contributed by atoms with Crippen molar-refractivity contribution < 1.29 is 62.2 Å². The van der Waals surface area contributed by atoms with Crippen molar-refractivity contribution in [3.05, 3.63) is 192 Å². The maximum atomic E-state index is 15.8. The maximum Gasteiger partial charge on any atom is 0.328 e. The molecule has 8 bridgehead atoms. The lowest BCUT2D eigenvalue weighted by Crippen LogP contribution is -2.61. The summed E-state index contributed by atoms with van der Waals surface area (Å²) in [7, 11) is 4.47. The van der Waals surface area contributed by atoms with E-state index in [0.717, 1.165) is 32.7 Å². The van der Waals surface area contributed by atoms with E-state index in [1.807, 2.05) is 139 Å². The molecule has 0 saturated carbocycles. The molecule has 2 saturated heterocycles. The van der Waals surface area contributed by atoms with Gasteiger partial charge < -0.3 is 66.1 Å². The number of aromatic nitrogens is 6. The van der Waals surface area contributed by atoms with Crippen molar-refractivity contribution in [2.45, 2.75) is 180 Å². The number of amidine groups is 1. The van der Waals surface area contributed by atoms with E-state index < -0.39 is 131 Å². The summed E-state index contributed by atoms with van der Waals surface area (Å²) in [5, 5.41) is 42.6. The van der Waals surface area contributed by atoms with E-state index in [-0.39, 0.29) is 82.9 Å². The maximum absolute atomic E-state index is 15.8. The normalized spacial score (nSPS) is 21.9. The fourth-order valence-corrected chi connectivity index (χ4v) is 14.9. The number of benzene rings is 6. The number of esters is 1. The zero-order chi connectivity index (χ0) is 81.3. The first-order valence-electron chi connectivity index (χ1n) is 38.5. The second-order valence-electron chi connectivity index (χ2n) is 31.9. The van der Waals surface area contributed by atoms with Crippen LogP contribution in [-0.2, 0) is 91.6 Å². The standard InChI is InChI=1S/C84H101N17O13/c1-48(85-10)75(103)91-72(83(4,5)6)80(108)98-35-33-67-70(98)78(106)88-64(41-53-21-27-55-17-13-15-19-57(55)38-53)69(102)43-59(74-87-50(3)114-95-74)37-51-23-29-62(30-24-51)112-46-61-45-101(97-94-61)68-34-36-99(81(109)73(84(7,8)9)92-76(104)49(2)86-11)71(68)79(107)89-65(42-54-22-28-56-18-14-16-20-58(56)39-54)77(105)90-66(82(110)111-12)40-52-25-31-63(32-26-52)113-47-60-44-100(67)96-93-60/h13-32,38-39,44-45,48-49,59,64-68,70-73,85-86H,3,33-37,40-43,46-47H2,1-2,4-12H3,(H,87,95)(H,88,106)(H,89,107)(H,90,105)(H,91,103)(H,92,104)/t48-,49-,59+,64-,65-,66-,67+,68+,70-,71-,72+,73+/m0/s1. The van der Waals surface area contributed by atoms with Crippen molar-refractivity contribution in [2.75, 3.05) is 34.3 Å². The van der Waals surface area contributed by atoms with Gasteiger partial charge in [0, 0.05) is 38.3 Å². The third-order valence-corrected chi connectivity index (χ3v) is 21.6. The highest BCUT2D eigenvalue weighted by atomic mass is 16.7. The zero-order valence-electron chi connectivity index (χ0n) is 66.1. The second-order valence-corrected chi connectivity index (χ2v) is 31.9. The number of likely N-dealkylation sites (N-methyl/N-ethyl adjacent to an activating group) is 2. The van der Waals surface area contributed by atoms with E-state index in [4.69, 9.17) is 19.0 Å². The number of hydrogen-bond acceptors (Lipinski definition) is 21. The molecule has 2 aromatic heterocycles. The Balaban J connectivity index is 0.904. The molecule has 6 aromatic carbocycles. The molecule has 7 amide bonds. The van der Waals surface area contributed by atoms with Crippen LogP contribution >= 0.6 is 0 Å². The van der Waals surface area contributed by atoms with E-state index in [0.29, 0.717) is 39.8 Å². The molecular formula is C84H101N17O13. The van der Waals surface area contributed by atoms with E-state index in [9.17, 15) is 14.4 Å². The summed E-state index contributed by atoms with van der Waals surface area (Å²) >= 11 is 0. The summed E-state index contributed by atoms with van der Waals surface area (Å²) in [5.41, 5.74) is 4.64. The molecule has 12 atom stereocenters. The number of likely N-dealkylation sites (tertiary alicyclic amines) is 2. The van der Waals surface area contributed by atoms with Crippen molar-refractivity contribution in [1.82, 2.24) is 82.5 Å². The first-order valence-corrected chi connectivity index (χ1v) is 38.5. The van der Waals surface area contributed by atoms with Crippen LogP contribution < -0.4 is 52.2 Å². The van der Waals surface area contributed by atoms with Gasteiger partial charge in [-0.25, -0.2) is 19.6 Å². The van der Waals surface area contributed by atoms with Crippen LogP contribution in [0.3, 0.4) is 0 Å². The Kier molecular flexibility index (Phi) is 25.3. The van der Waals surface area contributed by atoms with Crippen molar-refractivity contribution >= 4 is 80.5 Å². The number of hydrogen-bond donors (Lipinski definition) is 8. The molecule has 30 heteroatoms. The molecule has 114 heavy (non-hydrogen) atoms. The van der Waals surface area contributed by atoms with Crippen molar-refractivity contribution in [3.8, 4) is 11.5 Å². The predicted octanol–water partition coefficient (Wildman–Crippen LogP) is 5.79. The van der Waals surface area contributed by atoms with Gasteiger partial charge in [0.1, 0.15) is 78.2 Å². The second kappa shape index (κ2) is 35.4. The van der Waals surface area contributed by atoms with Crippen LogP contribution in [-0.4, -0.2) is 187 Å². The number of aliphatic imine (C=N–C) groups is 1. The van der Waals surface area contributed by atoms with Gasteiger partial charge in [-0.05, 0) is 139 Å². The molecule has 8 N–H and O–H groups in total. The van der Waals surface area contributed by atoms with E-state index >= 15 is 28.8 Å². The Labute approximate surface area is 661 Å². The lowest BCUT2D eigenvalue weighted by atomic mass is 9.85. The molecule has 0 spiro atoms. The van der Waals surface area contributed by atoms with Gasteiger partial charge in [-0.15, -0.1) is 10.2 Å².